The summed E-state index contributed by atoms with van der Waals surface area (Å²) in [5.74, 6) is 0.625. The first-order valence-electron chi connectivity index (χ1n) is 4.62. The van der Waals surface area contributed by atoms with E-state index in [2.05, 4.69) is 13.0 Å². The topological polar surface area (TPSA) is 26.3 Å². The van der Waals surface area contributed by atoms with Gasteiger partial charge in [0.15, 0.2) is 0 Å². The summed E-state index contributed by atoms with van der Waals surface area (Å²) in [7, 11) is 0. The van der Waals surface area contributed by atoms with Crippen LogP contribution in [0.1, 0.15) is 24.5 Å². The van der Waals surface area contributed by atoms with Gasteiger partial charge in [-0.25, -0.2) is 0 Å². The van der Waals surface area contributed by atoms with Crippen molar-refractivity contribution in [3.63, 3.8) is 0 Å². The first-order chi connectivity index (χ1) is 6.29. The molecule has 0 saturated heterocycles. The van der Waals surface area contributed by atoms with E-state index in [1.54, 1.807) is 0 Å². The molecule has 1 aromatic rings. The molecule has 0 saturated carbocycles. The third kappa shape index (κ3) is 1.57. The van der Waals surface area contributed by atoms with Crippen LogP contribution in [0.25, 0.3) is 0 Å². The first-order valence-corrected chi connectivity index (χ1v) is 4.62. The second-order valence-corrected chi connectivity index (χ2v) is 3.34. The number of benzene rings is 1. The molecule has 2 nitrogen and oxygen atoms in total. The number of carbonyl (C=O) groups is 1. The molecule has 68 valence electrons. The van der Waals surface area contributed by atoms with Crippen molar-refractivity contribution in [2.45, 2.75) is 26.2 Å². The van der Waals surface area contributed by atoms with Gasteiger partial charge < -0.3 is 4.74 Å². The van der Waals surface area contributed by atoms with Crippen LogP contribution in [0.15, 0.2) is 18.2 Å². The van der Waals surface area contributed by atoms with Crippen LogP contribution in [-0.2, 0) is 17.6 Å². The molecule has 1 heterocycles. The van der Waals surface area contributed by atoms with Crippen LogP contribution in [0.2, 0.25) is 0 Å². The SMILES string of the molecule is CCCc1ccc2c(c1)OC(=O)C2. The van der Waals surface area contributed by atoms with Gasteiger partial charge >= 0.3 is 5.97 Å². The van der Waals surface area contributed by atoms with Gasteiger partial charge in [-0.3, -0.25) is 4.79 Å². The van der Waals surface area contributed by atoms with E-state index in [1.807, 2.05) is 12.1 Å². The first kappa shape index (κ1) is 8.30. The van der Waals surface area contributed by atoms with Gasteiger partial charge in [0, 0.05) is 5.56 Å². The molecule has 0 spiro atoms. The Bertz CT molecular complexity index is 342. The Morgan fingerprint density at radius 2 is 2.31 bits per heavy atom. The minimum absolute atomic E-state index is 0.136. The monoisotopic (exact) mass is 176 g/mol. The second-order valence-electron chi connectivity index (χ2n) is 3.34. The molecule has 0 radical (unpaired) electrons. The van der Waals surface area contributed by atoms with Crippen LogP contribution in [0, 0.1) is 0 Å². The fourth-order valence-electron chi connectivity index (χ4n) is 1.60. The number of esters is 1. The standard InChI is InChI=1S/C11H12O2/c1-2-3-8-4-5-9-7-11(12)13-10(9)6-8/h4-6H,2-3,7H2,1H3. The Hall–Kier alpha value is -1.31. The summed E-state index contributed by atoms with van der Waals surface area (Å²) in [5.41, 5.74) is 2.26. The van der Waals surface area contributed by atoms with E-state index in [0.717, 1.165) is 24.2 Å². The van der Waals surface area contributed by atoms with Gasteiger partial charge in [-0.2, -0.15) is 0 Å². The highest BCUT2D eigenvalue weighted by molar-refractivity contribution is 5.81. The van der Waals surface area contributed by atoms with Crippen molar-refractivity contribution >= 4 is 5.97 Å². The van der Waals surface area contributed by atoms with E-state index in [4.69, 9.17) is 4.74 Å². The average molecular weight is 176 g/mol. The van der Waals surface area contributed by atoms with Crippen molar-refractivity contribution in [3.8, 4) is 5.75 Å². The van der Waals surface area contributed by atoms with Crippen LogP contribution in [0.5, 0.6) is 5.75 Å². The molecule has 2 heteroatoms. The smallest absolute Gasteiger partial charge is 0.315 e. The maximum atomic E-state index is 10.9. The maximum absolute atomic E-state index is 10.9. The molecule has 0 fully saturated rings. The minimum Gasteiger partial charge on any atom is -0.426 e. The van der Waals surface area contributed by atoms with Gasteiger partial charge in [0.05, 0.1) is 6.42 Å². The summed E-state index contributed by atoms with van der Waals surface area (Å²) in [4.78, 5) is 10.9. The van der Waals surface area contributed by atoms with Crippen molar-refractivity contribution < 1.29 is 9.53 Å². The molecule has 13 heavy (non-hydrogen) atoms. The third-order valence-electron chi connectivity index (χ3n) is 2.23. The molecule has 0 amide bonds. The number of fused-ring (bicyclic) bond motifs is 1. The molecule has 0 aliphatic carbocycles. The lowest BCUT2D eigenvalue weighted by molar-refractivity contribution is -0.131. The van der Waals surface area contributed by atoms with Crippen LogP contribution < -0.4 is 4.74 Å². The van der Waals surface area contributed by atoms with Crippen molar-refractivity contribution in [2.24, 2.45) is 0 Å². The second kappa shape index (κ2) is 3.21. The highest BCUT2D eigenvalue weighted by Crippen LogP contribution is 2.27. The van der Waals surface area contributed by atoms with Crippen LogP contribution >= 0.6 is 0 Å². The summed E-state index contributed by atoms with van der Waals surface area (Å²) < 4.78 is 5.05. The maximum Gasteiger partial charge on any atom is 0.315 e. The molecule has 2 rings (SSSR count). The van der Waals surface area contributed by atoms with Crippen LogP contribution in [0.3, 0.4) is 0 Å². The predicted molar refractivity (Wildman–Crippen MR) is 49.8 cm³/mol. The van der Waals surface area contributed by atoms with E-state index >= 15 is 0 Å². The molecular formula is C11H12O2. The highest BCUT2D eigenvalue weighted by atomic mass is 16.5. The molecule has 1 aliphatic heterocycles. The predicted octanol–water partition coefficient (Wildman–Crippen LogP) is 2.10. The van der Waals surface area contributed by atoms with Gasteiger partial charge in [-0.1, -0.05) is 25.5 Å². The third-order valence-corrected chi connectivity index (χ3v) is 2.23. The minimum atomic E-state index is -0.136. The molecule has 1 aromatic carbocycles. The quantitative estimate of drug-likeness (QED) is 0.509. The average Bonchev–Trinajstić information content (AvgIpc) is 2.44. The summed E-state index contributed by atoms with van der Waals surface area (Å²) >= 11 is 0. The van der Waals surface area contributed by atoms with E-state index in [1.165, 1.54) is 5.56 Å². The van der Waals surface area contributed by atoms with E-state index in [0.29, 0.717) is 6.42 Å². The molecule has 0 aromatic heterocycles. The summed E-state index contributed by atoms with van der Waals surface area (Å²) in [6.07, 6.45) is 2.60. The van der Waals surface area contributed by atoms with Gasteiger partial charge in [0.25, 0.3) is 0 Å². The Morgan fingerprint density at radius 3 is 3.08 bits per heavy atom. The van der Waals surface area contributed by atoms with E-state index in [9.17, 15) is 4.79 Å². The largest absolute Gasteiger partial charge is 0.426 e. The zero-order valence-corrected chi connectivity index (χ0v) is 7.67. The van der Waals surface area contributed by atoms with E-state index < -0.39 is 0 Å². The lowest BCUT2D eigenvalue weighted by atomic mass is 10.1. The highest BCUT2D eigenvalue weighted by Gasteiger charge is 2.19. The lowest BCUT2D eigenvalue weighted by Gasteiger charge is -2.01. The molecule has 0 N–H and O–H groups in total. The van der Waals surface area contributed by atoms with Gasteiger partial charge in [0.1, 0.15) is 5.75 Å². The molecule has 0 atom stereocenters. The molecule has 0 bridgehead atoms. The number of hydrogen-bond acceptors (Lipinski definition) is 2. The van der Waals surface area contributed by atoms with Gasteiger partial charge in [-0.05, 0) is 18.1 Å². The fraction of sp³-hybridized carbons (Fsp3) is 0.364. The van der Waals surface area contributed by atoms with Crippen LogP contribution in [0.4, 0.5) is 0 Å². The van der Waals surface area contributed by atoms with Crippen molar-refractivity contribution in [2.75, 3.05) is 0 Å². The number of ether oxygens (including phenoxy) is 1. The number of hydrogen-bond donors (Lipinski definition) is 0. The fourth-order valence-corrected chi connectivity index (χ4v) is 1.60. The van der Waals surface area contributed by atoms with Gasteiger partial charge in [0.2, 0.25) is 0 Å². The van der Waals surface area contributed by atoms with E-state index in [-0.39, 0.29) is 5.97 Å². The van der Waals surface area contributed by atoms with Crippen LogP contribution in [-0.4, -0.2) is 5.97 Å². The summed E-state index contributed by atoms with van der Waals surface area (Å²) in [6, 6.07) is 6.04. The summed E-state index contributed by atoms with van der Waals surface area (Å²) in [6.45, 7) is 2.14. The van der Waals surface area contributed by atoms with Crippen molar-refractivity contribution in [1.82, 2.24) is 0 Å². The molecule has 1 aliphatic rings. The Labute approximate surface area is 77.5 Å². The number of aryl methyl sites for hydroxylation is 1. The summed E-state index contributed by atoms with van der Waals surface area (Å²) in [5, 5.41) is 0. The number of rotatable bonds is 2. The Kier molecular flexibility index (Phi) is 2.05. The zero-order valence-electron chi connectivity index (χ0n) is 7.67. The number of carbonyl (C=O) groups excluding carboxylic acids is 1. The Balaban J connectivity index is 2.29. The van der Waals surface area contributed by atoms with Gasteiger partial charge in [-0.15, -0.1) is 0 Å². The lowest BCUT2D eigenvalue weighted by Crippen LogP contribution is -2.00. The Morgan fingerprint density at radius 1 is 1.46 bits per heavy atom. The van der Waals surface area contributed by atoms with Crippen molar-refractivity contribution in [3.05, 3.63) is 29.3 Å². The molecular weight excluding hydrogens is 164 g/mol. The molecule has 0 unspecified atom stereocenters. The normalized spacial score (nSPS) is 14.1. The zero-order chi connectivity index (χ0) is 9.26. The van der Waals surface area contributed by atoms with Crippen molar-refractivity contribution in [1.29, 1.82) is 0 Å².